The molecule has 0 aromatic heterocycles. The van der Waals surface area contributed by atoms with E-state index in [-0.39, 0.29) is 12.5 Å². The van der Waals surface area contributed by atoms with Gasteiger partial charge < -0.3 is 9.84 Å². The highest BCUT2D eigenvalue weighted by Gasteiger charge is 2.37. The molecular weight excluding hydrogens is 197 g/mol. The molecule has 14 heavy (non-hydrogen) atoms. The van der Waals surface area contributed by atoms with E-state index in [2.05, 4.69) is 0 Å². The van der Waals surface area contributed by atoms with Crippen LogP contribution in [0.2, 0.25) is 0 Å². The standard InChI is InChI=1S/C9H17F3O2/c1-3-14-7(2)5-4-6-8(13)9(10,11)12/h7-8,13H,3-6H2,1-2H3. The number of hydrogen-bond donors (Lipinski definition) is 1. The second kappa shape index (κ2) is 6.24. The van der Waals surface area contributed by atoms with E-state index in [9.17, 15) is 13.2 Å². The molecule has 0 aliphatic carbocycles. The predicted octanol–water partition coefficient (Wildman–Crippen LogP) is 2.50. The maximum Gasteiger partial charge on any atom is 0.414 e. The van der Waals surface area contributed by atoms with E-state index in [1.54, 1.807) is 0 Å². The normalized spacial score (nSPS) is 16.7. The van der Waals surface area contributed by atoms with Gasteiger partial charge >= 0.3 is 6.18 Å². The van der Waals surface area contributed by atoms with E-state index in [0.29, 0.717) is 19.4 Å². The van der Waals surface area contributed by atoms with Crippen molar-refractivity contribution in [3.05, 3.63) is 0 Å². The Kier molecular flexibility index (Phi) is 6.11. The van der Waals surface area contributed by atoms with Crippen LogP contribution in [-0.4, -0.2) is 30.1 Å². The maximum absolute atomic E-state index is 11.8. The fraction of sp³-hybridized carbons (Fsp3) is 1.00. The average molecular weight is 214 g/mol. The first-order valence-electron chi connectivity index (χ1n) is 4.74. The van der Waals surface area contributed by atoms with E-state index in [4.69, 9.17) is 9.84 Å². The molecule has 0 saturated heterocycles. The van der Waals surface area contributed by atoms with Gasteiger partial charge in [0, 0.05) is 6.61 Å². The number of alkyl halides is 3. The topological polar surface area (TPSA) is 29.5 Å². The van der Waals surface area contributed by atoms with Gasteiger partial charge in [0.05, 0.1) is 6.10 Å². The van der Waals surface area contributed by atoms with Crippen LogP contribution in [0.3, 0.4) is 0 Å². The van der Waals surface area contributed by atoms with Crippen molar-refractivity contribution in [2.24, 2.45) is 0 Å². The minimum atomic E-state index is -4.49. The maximum atomic E-state index is 11.8. The minimum absolute atomic E-state index is 0.0413. The Morgan fingerprint density at radius 1 is 1.29 bits per heavy atom. The fourth-order valence-corrected chi connectivity index (χ4v) is 1.13. The molecule has 0 aromatic carbocycles. The van der Waals surface area contributed by atoms with Crippen molar-refractivity contribution in [3.8, 4) is 0 Å². The summed E-state index contributed by atoms with van der Waals surface area (Å²) in [5.74, 6) is 0. The van der Waals surface area contributed by atoms with Crippen LogP contribution < -0.4 is 0 Å². The zero-order valence-corrected chi connectivity index (χ0v) is 8.47. The van der Waals surface area contributed by atoms with Gasteiger partial charge in [-0.3, -0.25) is 0 Å². The summed E-state index contributed by atoms with van der Waals surface area (Å²) in [5, 5.41) is 8.66. The second-order valence-electron chi connectivity index (χ2n) is 3.25. The van der Waals surface area contributed by atoms with Gasteiger partial charge in [0.2, 0.25) is 0 Å². The number of halogens is 3. The van der Waals surface area contributed by atoms with Crippen molar-refractivity contribution in [3.63, 3.8) is 0 Å². The molecule has 0 spiro atoms. The number of ether oxygens (including phenoxy) is 1. The van der Waals surface area contributed by atoms with Crippen molar-refractivity contribution in [1.29, 1.82) is 0 Å². The number of aliphatic hydroxyl groups excluding tert-OH is 1. The fourth-order valence-electron chi connectivity index (χ4n) is 1.13. The molecule has 0 aliphatic rings. The Morgan fingerprint density at radius 2 is 1.86 bits per heavy atom. The third-order valence-electron chi connectivity index (χ3n) is 1.92. The summed E-state index contributed by atoms with van der Waals surface area (Å²) in [6.45, 7) is 4.20. The molecule has 0 heterocycles. The van der Waals surface area contributed by atoms with Gasteiger partial charge in [0.25, 0.3) is 0 Å². The lowest BCUT2D eigenvalue weighted by atomic mass is 10.1. The van der Waals surface area contributed by atoms with E-state index < -0.39 is 12.3 Å². The van der Waals surface area contributed by atoms with Gasteiger partial charge in [0.1, 0.15) is 6.10 Å². The highest BCUT2D eigenvalue weighted by atomic mass is 19.4. The summed E-state index contributed by atoms with van der Waals surface area (Å²) in [7, 11) is 0. The first-order valence-corrected chi connectivity index (χ1v) is 4.74. The smallest absolute Gasteiger partial charge is 0.384 e. The van der Waals surface area contributed by atoms with Crippen LogP contribution in [0.5, 0.6) is 0 Å². The molecule has 0 bridgehead atoms. The third kappa shape index (κ3) is 6.21. The van der Waals surface area contributed by atoms with Crippen LogP contribution >= 0.6 is 0 Å². The van der Waals surface area contributed by atoms with Gasteiger partial charge in [-0.1, -0.05) is 0 Å². The van der Waals surface area contributed by atoms with E-state index in [0.717, 1.165) is 0 Å². The largest absolute Gasteiger partial charge is 0.414 e. The minimum Gasteiger partial charge on any atom is -0.384 e. The number of aliphatic hydroxyl groups is 1. The summed E-state index contributed by atoms with van der Waals surface area (Å²) < 4.78 is 40.7. The Bertz CT molecular complexity index is 147. The lowest BCUT2D eigenvalue weighted by Gasteiger charge is -2.15. The molecule has 2 nitrogen and oxygen atoms in total. The lowest BCUT2D eigenvalue weighted by Crippen LogP contribution is -2.28. The summed E-state index contributed by atoms with van der Waals surface area (Å²) >= 11 is 0. The van der Waals surface area contributed by atoms with Gasteiger partial charge in [-0.25, -0.2) is 0 Å². The first-order chi connectivity index (χ1) is 6.38. The molecule has 0 rings (SSSR count). The molecule has 5 heteroatoms. The van der Waals surface area contributed by atoms with Gasteiger partial charge in [-0.15, -0.1) is 0 Å². The van der Waals surface area contributed by atoms with Crippen LogP contribution in [0, 0.1) is 0 Å². The summed E-state index contributed by atoms with van der Waals surface area (Å²) in [4.78, 5) is 0. The highest BCUT2D eigenvalue weighted by Crippen LogP contribution is 2.23. The van der Waals surface area contributed by atoms with Crippen LogP contribution in [0.1, 0.15) is 33.1 Å². The van der Waals surface area contributed by atoms with Crippen molar-refractivity contribution in [2.75, 3.05) is 6.61 Å². The Hall–Kier alpha value is -0.290. The molecule has 0 aliphatic heterocycles. The van der Waals surface area contributed by atoms with Crippen molar-refractivity contribution < 1.29 is 23.0 Å². The quantitative estimate of drug-likeness (QED) is 0.736. The van der Waals surface area contributed by atoms with Crippen LogP contribution in [0.15, 0.2) is 0 Å². The molecule has 0 fully saturated rings. The molecule has 0 radical (unpaired) electrons. The Labute approximate surface area is 82.1 Å². The zero-order valence-electron chi connectivity index (χ0n) is 8.47. The third-order valence-corrected chi connectivity index (χ3v) is 1.92. The van der Waals surface area contributed by atoms with E-state index in [1.165, 1.54) is 0 Å². The monoisotopic (exact) mass is 214 g/mol. The molecule has 2 unspecified atom stereocenters. The number of rotatable bonds is 6. The molecule has 0 aromatic rings. The molecule has 1 N–H and O–H groups in total. The molecule has 2 atom stereocenters. The van der Waals surface area contributed by atoms with Crippen molar-refractivity contribution >= 4 is 0 Å². The van der Waals surface area contributed by atoms with Gasteiger partial charge in [0.15, 0.2) is 0 Å². The Morgan fingerprint density at radius 3 is 2.29 bits per heavy atom. The average Bonchev–Trinajstić information content (AvgIpc) is 2.02. The zero-order chi connectivity index (χ0) is 11.2. The number of hydrogen-bond acceptors (Lipinski definition) is 2. The van der Waals surface area contributed by atoms with Crippen molar-refractivity contribution in [1.82, 2.24) is 0 Å². The molecule has 86 valence electrons. The van der Waals surface area contributed by atoms with Crippen LogP contribution in [0.25, 0.3) is 0 Å². The van der Waals surface area contributed by atoms with Gasteiger partial charge in [-0.05, 0) is 33.1 Å². The lowest BCUT2D eigenvalue weighted by molar-refractivity contribution is -0.205. The predicted molar refractivity (Wildman–Crippen MR) is 47.0 cm³/mol. The summed E-state index contributed by atoms with van der Waals surface area (Å²) in [6.07, 6.45) is -6.12. The molecular formula is C9H17F3O2. The second-order valence-corrected chi connectivity index (χ2v) is 3.25. The van der Waals surface area contributed by atoms with E-state index >= 15 is 0 Å². The Balaban J connectivity index is 3.54. The van der Waals surface area contributed by atoms with Crippen molar-refractivity contribution in [2.45, 2.75) is 51.5 Å². The SMILES string of the molecule is CCOC(C)CCCC(O)C(F)(F)F. The summed E-state index contributed by atoms with van der Waals surface area (Å²) in [5.41, 5.74) is 0. The first kappa shape index (κ1) is 13.7. The van der Waals surface area contributed by atoms with Crippen LogP contribution in [-0.2, 0) is 4.74 Å². The molecule has 0 amide bonds. The van der Waals surface area contributed by atoms with Gasteiger partial charge in [-0.2, -0.15) is 13.2 Å². The molecule has 0 saturated carbocycles. The van der Waals surface area contributed by atoms with E-state index in [1.807, 2.05) is 13.8 Å². The van der Waals surface area contributed by atoms with Crippen LogP contribution in [0.4, 0.5) is 13.2 Å². The summed E-state index contributed by atoms with van der Waals surface area (Å²) in [6, 6.07) is 0. The highest BCUT2D eigenvalue weighted by molar-refractivity contribution is 4.65.